The summed E-state index contributed by atoms with van der Waals surface area (Å²) >= 11 is 0. The van der Waals surface area contributed by atoms with Gasteiger partial charge in [0.1, 0.15) is 5.82 Å². The lowest BCUT2D eigenvalue weighted by molar-refractivity contribution is -0.168. The molecule has 0 saturated heterocycles. The maximum absolute atomic E-state index is 14.9. The molecule has 0 spiro atoms. The number of carboxylic acids is 1. The summed E-state index contributed by atoms with van der Waals surface area (Å²) in [6.45, 7) is 4.45. The van der Waals surface area contributed by atoms with E-state index >= 15 is 0 Å². The fraction of sp³-hybridized carbons (Fsp3) is 0.533. The van der Waals surface area contributed by atoms with E-state index in [9.17, 15) is 19.1 Å². The van der Waals surface area contributed by atoms with Crippen molar-refractivity contribution in [3.8, 4) is 11.1 Å². The summed E-state index contributed by atoms with van der Waals surface area (Å²) < 4.78 is 20.0. The highest BCUT2D eigenvalue weighted by Gasteiger charge is 2.52. The first-order valence-corrected chi connectivity index (χ1v) is 13.4. The van der Waals surface area contributed by atoms with Crippen LogP contribution >= 0.6 is 0 Å². The van der Waals surface area contributed by atoms with Gasteiger partial charge in [-0.25, -0.2) is 4.39 Å². The van der Waals surface area contributed by atoms with E-state index in [0.717, 1.165) is 17.5 Å². The molecule has 1 fully saturated rings. The number of carboxylic acid groups (broad SMARTS) is 1. The Morgan fingerprint density at radius 2 is 1.72 bits per heavy atom. The molecule has 0 bridgehead atoms. The van der Waals surface area contributed by atoms with E-state index in [-0.39, 0.29) is 31.3 Å². The zero-order valence-electron chi connectivity index (χ0n) is 21.7. The number of aryl methyl sites for hydroxylation is 1. The molecular formula is C30H40FNO4. The molecule has 2 N–H and O–H groups in total. The van der Waals surface area contributed by atoms with Crippen LogP contribution in [-0.2, 0) is 27.3 Å². The van der Waals surface area contributed by atoms with Crippen molar-refractivity contribution in [1.29, 1.82) is 0 Å². The van der Waals surface area contributed by atoms with Crippen LogP contribution in [0.25, 0.3) is 11.1 Å². The van der Waals surface area contributed by atoms with Crippen LogP contribution in [0.15, 0.2) is 42.5 Å². The van der Waals surface area contributed by atoms with Crippen LogP contribution in [0.2, 0.25) is 0 Å². The van der Waals surface area contributed by atoms with Crippen molar-refractivity contribution in [3.05, 3.63) is 59.4 Å². The minimum Gasteiger partial charge on any atom is -0.480 e. The molecule has 0 heterocycles. The lowest BCUT2D eigenvalue weighted by atomic mass is 9.86. The highest BCUT2D eigenvalue weighted by atomic mass is 19.1. The Kier molecular flexibility index (Phi) is 10.5. The van der Waals surface area contributed by atoms with Gasteiger partial charge in [-0.1, -0.05) is 75.4 Å². The monoisotopic (exact) mass is 497 g/mol. The van der Waals surface area contributed by atoms with Gasteiger partial charge in [0, 0.05) is 18.2 Å². The Hall–Kier alpha value is -2.73. The van der Waals surface area contributed by atoms with Gasteiger partial charge in [-0.15, -0.1) is 0 Å². The number of ether oxygens (including phenoxy) is 1. The Bertz CT molecular complexity index is 1010. The molecule has 2 aromatic rings. The molecule has 0 radical (unpaired) electrons. The van der Waals surface area contributed by atoms with Gasteiger partial charge in [-0.05, 0) is 61.8 Å². The van der Waals surface area contributed by atoms with Gasteiger partial charge >= 0.3 is 11.9 Å². The first kappa shape index (κ1) is 27.9. The molecule has 0 aliphatic heterocycles. The number of carbonyl (C=O) groups is 2. The van der Waals surface area contributed by atoms with E-state index in [1.165, 1.54) is 50.2 Å². The summed E-state index contributed by atoms with van der Waals surface area (Å²) in [7, 11) is 0. The maximum atomic E-state index is 14.9. The number of esters is 1. The molecule has 1 aliphatic rings. The van der Waals surface area contributed by atoms with Gasteiger partial charge in [0.05, 0.1) is 6.61 Å². The van der Waals surface area contributed by atoms with Crippen molar-refractivity contribution in [2.45, 2.75) is 90.6 Å². The number of halogens is 1. The normalized spacial score (nSPS) is 19.4. The largest absolute Gasteiger partial charge is 0.480 e. The molecule has 196 valence electrons. The van der Waals surface area contributed by atoms with Crippen LogP contribution in [0.5, 0.6) is 0 Å². The average Bonchev–Trinajstić information content (AvgIpc) is 3.32. The van der Waals surface area contributed by atoms with Crippen LogP contribution in [0.1, 0.15) is 82.8 Å². The van der Waals surface area contributed by atoms with Crippen molar-refractivity contribution in [2.75, 3.05) is 6.61 Å². The van der Waals surface area contributed by atoms with Crippen LogP contribution in [-0.4, -0.2) is 29.7 Å². The lowest BCUT2D eigenvalue weighted by Gasteiger charge is -2.22. The highest BCUT2D eigenvalue weighted by Crippen LogP contribution is 2.40. The third-order valence-corrected chi connectivity index (χ3v) is 7.30. The summed E-state index contributed by atoms with van der Waals surface area (Å²) in [5, 5.41) is 13.0. The maximum Gasteiger partial charge on any atom is 0.323 e. The van der Waals surface area contributed by atoms with E-state index in [2.05, 4.69) is 24.4 Å². The molecule has 0 amide bonds. The van der Waals surface area contributed by atoms with Gasteiger partial charge in [0.25, 0.3) is 0 Å². The van der Waals surface area contributed by atoms with E-state index in [0.29, 0.717) is 18.5 Å². The predicted octanol–water partition coefficient (Wildman–Crippen LogP) is 6.67. The van der Waals surface area contributed by atoms with E-state index in [1.807, 2.05) is 18.2 Å². The number of unbranched alkanes of at least 4 members (excludes halogenated alkanes) is 5. The molecule has 3 rings (SSSR count). The van der Waals surface area contributed by atoms with Gasteiger partial charge < -0.3 is 15.2 Å². The SMILES string of the molecule is CCCCCCCCc1ccc(-c2ccc(CNC3CCC(C(=O)O)(C(=O)OCC)C3)cc2F)cc1. The summed E-state index contributed by atoms with van der Waals surface area (Å²) in [6.07, 6.45) is 9.66. The highest BCUT2D eigenvalue weighted by molar-refractivity contribution is 5.99. The number of hydrogen-bond acceptors (Lipinski definition) is 4. The second-order valence-corrected chi connectivity index (χ2v) is 9.96. The standard InChI is InChI=1S/C30H40FNO4/c1-3-5-6-7-8-9-10-22-11-14-24(15-12-22)26-16-13-23(19-27(26)31)21-32-25-17-18-30(20-25,28(33)34)29(35)36-4-2/h11-16,19,25,32H,3-10,17-18,20-21H2,1-2H3,(H,33,34). The second-order valence-electron chi connectivity index (χ2n) is 9.96. The molecule has 1 aliphatic carbocycles. The van der Waals surface area contributed by atoms with Crippen LogP contribution in [0.4, 0.5) is 4.39 Å². The smallest absolute Gasteiger partial charge is 0.323 e. The number of carbonyl (C=O) groups excluding carboxylic acids is 1. The van der Waals surface area contributed by atoms with Gasteiger partial charge in [0.15, 0.2) is 5.41 Å². The average molecular weight is 498 g/mol. The molecule has 36 heavy (non-hydrogen) atoms. The molecule has 5 nitrogen and oxygen atoms in total. The van der Waals surface area contributed by atoms with E-state index in [4.69, 9.17) is 4.74 Å². The number of rotatable bonds is 14. The van der Waals surface area contributed by atoms with Crippen LogP contribution in [0.3, 0.4) is 0 Å². The minimum absolute atomic E-state index is 0.146. The molecule has 2 aromatic carbocycles. The van der Waals surface area contributed by atoms with Crippen molar-refractivity contribution in [1.82, 2.24) is 5.32 Å². The predicted molar refractivity (Wildman–Crippen MR) is 140 cm³/mol. The van der Waals surface area contributed by atoms with Gasteiger partial charge in [0.2, 0.25) is 0 Å². The fourth-order valence-corrected chi connectivity index (χ4v) is 5.08. The summed E-state index contributed by atoms with van der Waals surface area (Å²) in [5.74, 6) is -2.09. The summed E-state index contributed by atoms with van der Waals surface area (Å²) in [6, 6.07) is 13.2. The number of nitrogens with one attached hydrogen (secondary N) is 1. The van der Waals surface area contributed by atoms with E-state index < -0.39 is 17.4 Å². The second kappa shape index (κ2) is 13.5. The Balaban J connectivity index is 1.52. The topological polar surface area (TPSA) is 75.6 Å². The van der Waals surface area contributed by atoms with E-state index in [1.54, 1.807) is 13.0 Å². The van der Waals surface area contributed by atoms with Gasteiger partial charge in [-0.3, -0.25) is 9.59 Å². The molecule has 1 saturated carbocycles. The summed E-state index contributed by atoms with van der Waals surface area (Å²) in [5.41, 5.74) is 1.99. The number of benzene rings is 2. The Morgan fingerprint density at radius 3 is 2.39 bits per heavy atom. The Labute approximate surface area is 214 Å². The van der Waals surface area contributed by atoms with Crippen LogP contribution < -0.4 is 5.32 Å². The minimum atomic E-state index is -1.50. The van der Waals surface area contributed by atoms with Crippen molar-refractivity contribution >= 4 is 11.9 Å². The zero-order chi connectivity index (χ0) is 26.0. The third kappa shape index (κ3) is 7.16. The molecule has 0 aromatic heterocycles. The summed E-state index contributed by atoms with van der Waals surface area (Å²) in [4.78, 5) is 24.1. The zero-order valence-corrected chi connectivity index (χ0v) is 21.7. The lowest BCUT2D eigenvalue weighted by Crippen LogP contribution is -2.40. The first-order valence-electron chi connectivity index (χ1n) is 13.4. The van der Waals surface area contributed by atoms with Crippen molar-refractivity contribution in [3.63, 3.8) is 0 Å². The quantitative estimate of drug-likeness (QED) is 0.173. The number of aliphatic carboxylic acids is 1. The van der Waals surface area contributed by atoms with Crippen molar-refractivity contribution in [2.24, 2.45) is 5.41 Å². The number of hydrogen-bond donors (Lipinski definition) is 2. The third-order valence-electron chi connectivity index (χ3n) is 7.30. The van der Waals surface area contributed by atoms with Crippen molar-refractivity contribution < 1.29 is 23.8 Å². The first-order chi connectivity index (χ1) is 17.4. The van der Waals surface area contributed by atoms with Gasteiger partial charge in [-0.2, -0.15) is 0 Å². The molecule has 2 atom stereocenters. The Morgan fingerprint density at radius 1 is 1.03 bits per heavy atom. The molecule has 6 heteroatoms. The molecule has 2 unspecified atom stereocenters. The molecular weight excluding hydrogens is 457 g/mol. The van der Waals surface area contributed by atoms with Crippen LogP contribution in [0, 0.1) is 11.2 Å². The fourth-order valence-electron chi connectivity index (χ4n) is 5.08.